The van der Waals surface area contributed by atoms with E-state index >= 15 is 0 Å². The highest BCUT2D eigenvalue weighted by atomic mass is 15.3. The Bertz CT molecular complexity index is 110. The molecule has 0 aromatic rings. The van der Waals surface area contributed by atoms with E-state index in [2.05, 4.69) is 32.6 Å². The lowest BCUT2D eigenvalue weighted by Gasteiger charge is -2.51. The van der Waals surface area contributed by atoms with E-state index in [0.29, 0.717) is 0 Å². The zero-order chi connectivity index (χ0) is 8.43. The van der Waals surface area contributed by atoms with E-state index in [1.54, 1.807) is 0 Å². The second-order valence-corrected chi connectivity index (χ2v) is 3.90. The first-order chi connectivity index (χ1) is 5.20. The molecule has 11 heavy (non-hydrogen) atoms. The molecule has 1 nitrogen and oxygen atoms in total. The van der Waals surface area contributed by atoms with Crippen molar-refractivity contribution in [1.82, 2.24) is 4.90 Å². The highest BCUT2D eigenvalue weighted by Crippen LogP contribution is 2.31. The van der Waals surface area contributed by atoms with Gasteiger partial charge in [0.1, 0.15) is 0 Å². The van der Waals surface area contributed by atoms with Gasteiger partial charge < -0.3 is 0 Å². The first-order valence-electron chi connectivity index (χ1n) is 4.98. The van der Waals surface area contributed by atoms with Crippen molar-refractivity contribution in [2.24, 2.45) is 0 Å². The molecule has 66 valence electrons. The van der Waals surface area contributed by atoms with Crippen LogP contribution in [0.5, 0.6) is 0 Å². The molecule has 2 unspecified atom stereocenters. The lowest BCUT2D eigenvalue weighted by Crippen LogP contribution is -2.58. The van der Waals surface area contributed by atoms with Crippen LogP contribution in [0.1, 0.15) is 47.0 Å². The average Bonchev–Trinajstić information content (AvgIpc) is 1.86. The van der Waals surface area contributed by atoms with Gasteiger partial charge in [-0.15, -0.1) is 0 Å². The van der Waals surface area contributed by atoms with Crippen molar-refractivity contribution in [3.63, 3.8) is 0 Å². The van der Waals surface area contributed by atoms with E-state index in [-0.39, 0.29) is 0 Å². The fourth-order valence-corrected chi connectivity index (χ4v) is 2.32. The van der Waals surface area contributed by atoms with Gasteiger partial charge in [0.05, 0.1) is 0 Å². The molecule has 1 fully saturated rings. The van der Waals surface area contributed by atoms with Crippen LogP contribution in [0.3, 0.4) is 0 Å². The number of hydrogen-bond acceptors (Lipinski definition) is 1. The normalized spacial score (nSPS) is 32.5. The van der Waals surface area contributed by atoms with Gasteiger partial charge in [-0.1, -0.05) is 13.8 Å². The van der Waals surface area contributed by atoms with E-state index in [0.717, 1.165) is 18.1 Å². The van der Waals surface area contributed by atoms with E-state index in [4.69, 9.17) is 0 Å². The summed E-state index contributed by atoms with van der Waals surface area (Å²) in [5, 5.41) is 0. The molecule has 0 saturated carbocycles. The smallest absolute Gasteiger partial charge is 0.0113 e. The van der Waals surface area contributed by atoms with Crippen molar-refractivity contribution in [1.29, 1.82) is 0 Å². The Kier molecular flexibility index (Phi) is 2.94. The molecule has 0 aromatic carbocycles. The SMILES string of the molecule is CCC1CC(CC)N1C(C)C. The van der Waals surface area contributed by atoms with Gasteiger partial charge in [0.2, 0.25) is 0 Å². The molecule has 1 rings (SSSR count). The van der Waals surface area contributed by atoms with E-state index in [1.165, 1.54) is 19.3 Å². The molecule has 0 amide bonds. The molecule has 2 atom stereocenters. The van der Waals surface area contributed by atoms with Crippen LogP contribution in [0.2, 0.25) is 0 Å². The maximum Gasteiger partial charge on any atom is 0.0113 e. The third-order valence-electron chi connectivity index (χ3n) is 2.93. The van der Waals surface area contributed by atoms with E-state index in [1.807, 2.05) is 0 Å². The Morgan fingerprint density at radius 2 is 1.64 bits per heavy atom. The lowest BCUT2D eigenvalue weighted by atomic mass is 9.87. The zero-order valence-electron chi connectivity index (χ0n) is 8.30. The van der Waals surface area contributed by atoms with Crippen LogP contribution < -0.4 is 0 Å². The third-order valence-corrected chi connectivity index (χ3v) is 2.93. The first-order valence-corrected chi connectivity index (χ1v) is 4.98. The van der Waals surface area contributed by atoms with Gasteiger partial charge in [-0.2, -0.15) is 0 Å². The van der Waals surface area contributed by atoms with Crippen LogP contribution >= 0.6 is 0 Å². The monoisotopic (exact) mass is 155 g/mol. The highest BCUT2D eigenvalue weighted by Gasteiger charge is 2.36. The molecular formula is C10H21N. The van der Waals surface area contributed by atoms with Gasteiger partial charge in [-0.25, -0.2) is 0 Å². The molecule has 1 heteroatoms. The van der Waals surface area contributed by atoms with Crippen molar-refractivity contribution in [3.05, 3.63) is 0 Å². The Hall–Kier alpha value is -0.0400. The summed E-state index contributed by atoms with van der Waals surface area (Å²) in [7, 11) is 0. The zero-order valence-corrected chi connectivity index (χ0v) is 8.30. The van der Waals surface area contributed by atoms with E-state index in [9.17, 15) is 0 Å². The molecule has 0 radical (unpaired) electrons. The highest BCUT2D eigenvalue weighted by molar-refractivity contribution is 4.92. The first kappa shape index (κ1) is 9.05. The molecule has 0 aliphatic carbocycles. The predicted octanol–water partition coefficient (Wildman–Crippen LogP) is 2.66. The van der Waals surface area contributed by atoms with Crippen molar-refractivity contribution in [2.45, 2.75) is 65.1 Å². The summed E-state index contributed by atoms with van der Waals surface area (Å²) >= 11 is 0. The summed E-state index contributed by atoms with van der Waals surface area (Å²) in [5.74, 6) is 0. The van der Waals surface area contributed by atoms with E-state index < -0.39 is 0 Å². The summed E-state index contributed by atoms with van der Waals surface area (Å²) in [4.78, 5) is 2.67. The standard InChI is InChI=1S/C10H21N/c1-5-9-7-10(6-2)11(9)8(3)4/h8-10H,5-7H2,1-4H3. The molecule has 0 aromatic heterocycles. The van der Waals surface area contributed by atoms with Crippen molar-refractivity contribution >= 4 is 0 Å². The van der Waals surface area contributed by atoms with Gasteiger partial charge in [-0.3, -0.25) is 4.90 Å². The second kappa shape index (κ2) is 3.57. The Balaban J connectivity index is 2.42. The van der Waals surface area contributed by atoms with Crippen molar-refractivity contribution < 1.29 is 0 Å². The van der Waals surface area contributed by atoms with Crippen LogP contribution in [0.4, 0.5) is 0 Å². The van der Waals surface area contributed by atoms with Gasteiger partial charge in [0.15, 0.2) is 0 Å². The molecule has 0 bridgehead atoms. The number of rotatable bonds is 3. The number of nitrogens with zero attached hydrogens (tertiary/aromatic N) is 1. The summed E-state index contributed by atoms with van der Waals surface area (Å²) < 4.78 is 0. The van der Waals surface area contributed by atoms with Crippen LogP contribution in [-0.4, -0.2) is 23.0 Å². The Morgan fingerprint density at radius 1 is 1.18 bits per heavy atom. The minimum absolute atomic E-state index is 0.749. The van der Waals surface area contributed by atoms with Crippen LogP contribution in [0.15, 0.2) is 0 Å². The molecule has 1 aliphatic rings. The summed E-state index contributed by atoms with van der Waals surface area (Å²) in [6.07, 6.45) is 4.09. The maximum atomic E-state index is 2.67. The molecular weight excluding hydrogens is 134 g/mol. The second-order valence-electron chi connectivity index (χ2n) is 3.90. The minimum atomic E-state index is 0.749. The lowest BCUT2D eigenvalue weighted by molar-refractivity contribution is -0.0170. The summed E-state index contributed by atoms with van der Waals surface area (Å²) in [5.41, 5.74) is 0. The van der Waals surface area contributed by atoms with Gasteiger partial charge in [0.25, 0.3) is 0 Å². The topological polar surface area (TPSA) is 3.24 Å². The molecule has 0 N–H and O–H groups in total. The van der Waals surface area contributed by atoms with Crippen LogP contribution in [0, 0.1) is 0 Å². The molecule has 0 spiro atoms. The third kappa shape index (κ3) is 1.58. The van der Waals surface area contributed by atoms with Gasteiger partial charge >= 0.3 is 0 Å². The van der Waals surface area contributed by atoms with Gasteiger partial charge in [0, 0.05) is 18.1 Å². The largest absolute Gasteiger partial charge is 0.295 e. The summed E-state index contributed by atoms with van der Waals surface area (Å²) in [6, 6.07) is 2.53. The number of likely N-dealkylation sites (tertiary alicyclic amines) is 1. The number of hydrogen-bond donors (Lipinski definition) is 0. The molecule has 1 aliphatic heterocycles. The maximum absolute atomic E-state index is 2.67. The minimum Gasteiger partial charge on any atom is -0.295 e. The predicted molar refractivity (Wildman–Crippen MR) is 49.8 cm³/mol. The quantitative estimate of drug-likeness (QED) is 0.605. The average molecular weight is 155 g/mol. The van der Waals surface area contributed by atoms with Crippen molar-refractivity contribution in [3.8, 4) is 0 Å². The molecule has 1 saturated heterocycles. The van der Waals surface area contributed by atoms with Gasteiger partial charge in [-0.05, 0) is 33.1 Å². The Morgan fingerprint density at radius 3 is 1.91 bits per heavy atom. The Labute approximate surface area is 70.8 Å². The van der Waals surface area contributed by atoms with Crippen molar-refractivity contribution in [2.75, 3.05) is 0 Å². The molecule has 1 heterocycles. The summed E-state index contributed by atoms with van der Waals surface area (Å²) in [6.45, 7) is 9.22. The fourth-order valence-electron chi connectivity index (χ4n) is 2.32. The van der Waals surface area contributed by atoms with Crippen LogP contribution in [-0.2, 0) is 0 Å². The van der Waals surface area contributed by atoms with Crippen LogP contribution in [0.25, 0.3) is 0 Å². The fraction of sp³-hybridized carbons (Fsp3) is 1.00.